The molecule has 0 saturated carbocycles. The SMILES string of the molecule is CCCNC(=O)COC(=O)[C@@H]1CCCN1S(=O)(=O)c1ccc(C)cc1. The topological polar surface area (TPSA) is 92.8 Å². The minimum absolute atomic E-state index is 0.151. The number of hydrogen-bond donors (Lipinski definition) is 1. The van der Waals surface area contributed by atoms with Gasteiger partial charge in [0.2, 0.25) is 10.0 Å². The summed E-state index contributed by atoms with van der Waals surface area (Å²) in [6, 6.07) is 5.61. The van der Waals surface area contributed by atoms with E-state index in [1.165, 1.54) is 16.4 Å². The van der Waals surface area contributed by atoms with Gasteiger partial charge in [-0.15, -0.1) is 0 Å². The van der Waals surface area contributed by atoms with Gasteiger partial charge in [0, 0.05) is 13.1 Å². The fourth-order valence-electron chi connectivity index (χ4n) is 2.66. The van der Waals surface area contributed by atoms with Crippen LogP contribution in [-0.2, 0) is 24.3 Å². The van der Waals surface area contributed by atoms with E-state index in [9.17, 15) is 18.0 Å². The highest BCUT2D eigenvalue weighted by atomic mass is 32.2. The Morgan fingerprint density at radius 3 is 2.60 bits per heavy atom. The first kappa shape index (κ1) is 19.4. The summed E-state index contributed by atoms with van der Waals surface area (Å²) in [6.45, 7) is 4.16. The highest BCUT2D eigenvalue weighted by Gasteiger charge is 2.40. The van der Waals surface area contributed by atoms with Gasteiger partial charge in [0.25, 0.3) is 5.91 Å². The predicted molar refractivity (Wildman–Crippen MR) is 92.4 cm³/mol. The van der Waals surface area contributed by atoms with Crippen LogP contribution >= 0.6 is 0 Å². The molecule has 1 atom stereocenters. The molecule has 0 aromatic heterocycles. The molecule has 0 radical (unpaired) electrons. The second-order valence-corrected chi connectivity index (χ2v) is 7.94. The zero-order valence-corrected chi connectivity index (χ0v) is 15.3. The van der Waals surface area contributed by atoms with Crippen molar-refractivity contribution in [3.05, 3.63) is 29.8 Å². The molecule has 0 bridgehead atoms. The van der Waals surface area contributed by atoms with Crippen molar-refractivity contribution >= 4 is 21.9 Å². The number of sulfonamides is 1. The molecule has 0 unspecified atom stereocenters. The van der Waals surface area contributed by atoms with Crippen molar-refractivity contribution in [2.45, 2.75) is 44.0 Å². The second kappa shape index (κ2) is 8.44. The minimum atomic E-state index is -3.77. The maximum Gasteiger partial charge on any atom is 0.324 e. The fraction of sp³-hybridized carbons (Fsp3) is 0.529. The number of esters is 1. The maximum atomic E-state index is 12.8. The quantitative estimate of drug-likeness (QED) is 0.731. The molecule has 1 saturated heterocycles. The van der Waals surface area contributed by atoms with Crippen molar-refractivity contribution in [2.75, 3.05) is 19.7 Å². The minimum Gasteiger partial charge on any atom is -0.454 e. The van der Waals surface area contributed by atoms with Crippen molar-refractivity contribution in [1.29, 1.82) is 0 Å². The summed E-state index contributed by atoms with van der Waals surface area (Å²) in [4.78, 5) is 23.9. The van der Waals surface area contributed by atoms with E-state index < -0.39 is 28.6 Å². The molecule has 1 amide bonds. The van der Waals surface area contributed by atoms with Gasteiger partial charge in [-0.1, -0.05) is 24.6 Å². The largest absolute Gasteiger partial charge is 0.454 e. The monoisotopic (exact) mass is 368 g/mol. The van der Waals surface area contributed by atoms with Gasteiger partial charge in [0.15, 0.2) is 6.61 Å². The maximum absolute atomic E-state index is 12.8. The molecule has 138 valence electrons. The van der Waals surface area contributed by atoms with E-state index in [2.05, 4.69) is 5.32 Å². The van der Waals surface area contributed by atoms with Crippen LogP contribution < -0.4 is 5.32 Å². The van der Waals surface area contributed by atoms with Crippen molar-refractivity contribution in [3.63, 3.8) is 0 Å². The van der Waals surface area contributed by atoms with E-state index >= 15 is 0 Å². The molecule has 0 spiro atoms. The Hall–Kier alpha value is -1.93. The molecule has 0 aliphatic carbocycles. The molecule has 1 aromatic rings. The van der Waals surface area contributed by atoms with Crippen LogP contribution in [0.2, 0.25) is 0 Å². The molecule has 2 rings (SSSR count). The number of carbonyl (C=O) groups excluding carboxylic acids is 2. The first-order chi connectivity index (χ1) is 11.9. The Bertz CT molecular complexity index is 715. The first-order valence-electron chi connectivity index (χ1n) is 8.38. The number of aryl methyl sites for hydroxylation is 1. The summed E-state index contributed by atoms with van der Waals surface area (Å²) < 4.78 is 31.7. The summed E-state index contributed by atoms with van der Waals surface area (Å²) in [5.74, 6) is -1.07. The van der Waals surface area contributed by atoms with Crippen LogP contribution in [-0.4, -0.2) is 50.3 Å². The van der Waals surface area contributed by atoms with Crippen molar-refractivity contribution in [3.8, 4) is 0 Å². The molecule has 1 aromatic carbocycles. The van der Waals surface area contributed by atoms with Crippen LogP contribution in [0.4, 0.5) is 0 Å². The third kappa shape index (κ3) is 4.79. The molecule has 1 aliphatic heterocycles. The summed E-state index contributed by atoms with van der Waals surface area (Å²) >= 11 is 0. The smallest absolute Gasteiger partial charge is 0.324 e. The van der Waals surface area contributed by atoms with Gasteiger partial charge in [0.05, 0.1) is 4.90 Å². The summed E-state index contributed by atoms with van der Waals surface area (Å²) in [6.07, 6.45) is 1.75. The molecule has 25 heavy (non-hydrogen) atoms. The lowest BCUT2D eigenvalue weighted by molar-refractivity contribution is -0.151. The number of nitrogens with one attached hydrogen (secondary N) is 1. The molecule has 8 heteroatoms. The number of hydrogen-bond acceptors (Lipinski definition) is 5. The lowest BCUT2D eigenvalue weighted by atomic mass is 10.2. The van der Waals surface area contributed by atoms with E-state index in [4.69, 9.17) is 4.74 Å². The number of rotatable bonds is 7. The van der Waals surface area contributed by atoms with Crippen molar-refractivity contribution in [1.82, 2.24) is 9.62 Å². The average Bonchev–Trinajstić information content (AvgIpc) is 3.09. The van der Waals surface area contributed by atoms with E-state index in [-0.39, 0.29) is 17.3 Å². The van der Waals surface area contributed by atoms with Crippen LogP contribution in [0.1, 0.15) is 31.7 Å². The van der Waals surface area contributed by atoms with Gasteiger partial charge in [-0.25, -0.2) is 8.42 Å². The molecule has 1 N–H and O–H groups in total. The third-order valence-corrected chi connectivity index (χ3v) is 5.94. The van der Waals surface area contributed by atoms with Crippen molar-refractivity contribution in [2.24, 2.45) is 0 Å². The number of carbonyl (C=O) groups is 2. The van der Waals surface area contributed by atoms with Crippen LogP contribution in [0.25, 0.3) is 0 Å². The van der Waals surface area contributed by atoms with E-state index in [0.717, 1.165) is 12.0 Å². The van der Waals surface area contributed by atoms with Crippen molar-refractivity contribution < 1.29 is 22.7 Å². The number of nitrogens with zero attached hydrogens (tertiary/aromatic N) is 1. The van der Waals surface area contributed by atoms with Gasteiger partial charge < -0.3 is 10.1 Å². The fourth-order valence-corrected chi connectivity index (χ4v) is 4.30. The average molecular weight is 368 g/mol. The lowest BCUT2D eigenvalue weighted by Gasteiger charge is -2.22. The zero-order chi connectivity index (χ0) is 18.4. The second-order valence-electron chi connectivity index (χ2n) is 6.04. The van der Waals surface area contributed by atoms with Gasteiger partial charge in [-0.2, -0.15) is 4.31 Å². The van der Waals surface area contributed by atoms with Crippen LogP contribution in [0.3, 0.4) is 0 Å². The number of benzene rings is 1. The molecule has 1 heterocycles. The highest BCUT2D eigenvalue weighted by Crippen LogP contribution is 2.27. The summed E-state index contributed by atoms with van der Waals surface area (Å²) in [5, 5.41) is 2.60. The van der Waals surface area contributed by atoms with E-state index in [1.54, 1.807) is 12.1 Å². The Kier molecular flexibility index (Phi) is 6.55. The summed E-state index contributed by atoms with van der Waals surface area (Å²) in [5.41, 5.74) is 0.953. The lowest BCUT2D eigenvalue weighted by Crippen LogP contribution is -2.42. The first-order valence-corrected chi connectivity index (χ1v) is 9.82. The zero-order valence-electron chi connectivity index (χ0n) is 14.5. The molecular formula is C17H24N2O5S. The van der Waals surface area contributed by atoms with Crippen LogP contribution in [0, 0.1) is 6.92 Å². The number of amides is 1. The standard InChI is InChI=1S/C17H24N2O5S/c1-3-10-18-16(20)12-24-17(21)15-5-4-11-19(15)25(22,23)14-8-6-13(2)7-9-14/h6-9,15H,3-5,10-12H2,1-2H3,(H,18,20)/t15-/m0/s1. The van der Waals surface area contributed by atoms with Gasteiger partial charge in [-0.3, -0.25) is 9.59 Å². The van der Waals surface area contributed by atoms with Crippen LogP contribution in [0.15, 0.2) is 29.2 Å². The highest BCUT2D eigenvalue weighted by molar-refractivity contribution is 7.89. The number of ether oxygens (including phenoxy) is 1. The predicted octanol–water partition coefficient (Wildman–Crippen LogP) is 1.22. The van der Waals surface area contributed by atoms with E-state index in [0.29, 0.717) is 19.4 Å². The summed E-state index contributed by atoms with van der Waals surface area (Å²) in [7, 11) is -3.77. The Balaban J connectivity index is 2.05. The molecule has 1 aliphatic rings. The molecular weight excluding hydrogens is 344 g/mol. The van der Waals surface area contributed by atoms with Crippen LogP contribution in [0.5, 0.6) is 0 Å². The Morgan fingerprint density at radius 2 is 1.96 bits per heavy atom. The van der Waals surface area contributed by atoms with Gasteiger partial charge >= 0.3 is 5.97 Å². The third-order valence-electron chi connectivity index (χ3n) is 4.02. The molecule has 7 nitrogen and oxygen atoms in total. The Morgan fingerprint density at radius 1 is 1.28 bits per heavy atom. The van der Waals surface area contributed by atoms with Gasteiger partial charge in [-0.05, 0) is 38.3 Å². The normalized spacial score (nSPS) is 18.1. The van der Waals surface area contributed by atoms with Gasteiger partial charge in [0.1, 0.15) is 6.04 Å². The Labute approximate surface area is 148 Å². The van der Waals surface area contributed by atoms with E-state index in [1.807, 2.05) is 13.8 Å². The molecule has 1 fully saturated rings.